The van der Waals surface area contributed by atoms with Crippen molar-refractivity contribution in [2.45, 2.75) is 32.9 Å². The monoisotopic (exact) mass is 385 g/mol. The van der Waals surface area contributed by atoms with Gasteiger partial charge < -0.3 is 0 Å². The molecule has 0 aliphatic carbocycles. The number of hydrogen-bond donors (Lipinski definition) is 0. The number of aryl methyl sites for hydroxylation is 2. The van der Waals surface area contributed by atoms with E-state index in [1.807, 2.05) is 45.9 Å². The van der Waals surface area contributed by atoms with Crippen molar-refractivity contribution in [2.75, 3.05) is 4.90 Å². The lowest BCUT2D eigenvalue weighted by Gasteiger charge is -2.16. The molecule has 1 aliphatic rings. The number of rotatable bonds is 4. The summed E-state index contributed by atoms with van der Waals surface area (Å²) in [6.07, 6.45) is 0. The fourth-order valence-corrected chi connectivity index (χ4v) is 4.20. The summed E-state index contributed by atoms with van der Waals surface area (Å²) in [4.78, 5) is 28.1. The van der Waals surface area contributed by atoms with Gasteiger partial charge in [-0.2, -0.15) is 0 Å². The first-order chi connectivity index (χ1) is 12.3. The zero-order valence-electron chi connectivity index (χ0n) is 15.2. The molecule has 3 rings (SSSR count). The lowest BCUT2D eigenvalue weighted by Crippen LogP contribution is -2.31. The van der Waals surface area contributed by atoms with Crippen LogP contribution in [0.2, 0.25) is 5.02 Å². The Bertz CT molecular complexity index is 933. The maximum Gasteiger partial charge on any atom is 0.272 e. The number of nitrogens with zero attached hydrogens (tertiary/aromatic N) is 1. The predicted molar refractivity (Wildman–Crippen MR) is 110 cm³/mol. The number of carbonyl (C=O) groups excluding carboxylic acids is 2. The van der Waals surface area contributed by atoms with Crippen molar-refractivity contribution in [1.82, 2.24) is 0 Å². The lowest BCUT2D eigenvalue weighted by molar-refractivity contribution is -0.119. The molecule has 0 unspecified atom stereocenters. The molecule has 2 aromatic carbocycles. The summed E-state index contributed by atoms with van der Waals surface area (Å²) in [6.45, 7) is 8.00. The standard InChI is InChI=1S/C21H20ClNO2S/c1-12(2)26-19-18(17-9-8-13(3)10-14(17)4)20(24)23(21(19)25)16-7-5-6-15(22)11-16/h5-12H,1-4H3. The van der Waals surface area contributed by atoms with E-state index in [4.69, 9.17) is 11.6 Å². The molecular weight excluding hydrogens is 366 g/mol. The summed E-state index contributed by atoms with van der Waals surface area (Å²) in [6, 6.07) is 12.7. The van der Waals surface area contributed by atoms with Crippen molar-refractivity contribution in [3.63, 3.8) is 0 Å². The van der Waals surface area contributed by atoms with Gasteiger partial charge in [0.2, 0.25) is 0 Å². The van der Waals surface area contributed by atoms with E-state index < -0.39 is 0 Å². The number of carbonyl (C=O) groups is 2. The van der Waals surface area contributed by atoms with Crippen molar-refractivity contribution in [2.24, 2.45) is 0 Å². The fourth-order valence-electron chi connectivity index (χ4n) is 3.04. The van der Waals surface area contributed by atoms with Gasteiger partial charge in [-0.25, -0.2) is 4.90 Å². The van der Waals surface area contributed by atoms with E-state index in [2.05, 4.69) is 0 Å². The van der Waals surface area contributed by atoms with Crippen LogP contribution >= 0.6 is 23.4 Å². The molecule has 5 heteroatoms. The quantitative estimate of drug-likeness (QED) is 0.663. The van der Waals surface area contributed by atoms with E-state index in [1.165, 1.54) is 16.7 Å². The molecule has 0 spiro atoms. The van der Waals surface area contributed by atoms with E-state index in [9.17, 15) is 9.59 Å². The highest BCUT2D eigenvalue weighted by atomic mass is 35.5. The summed E-state index contributed by atoms with van der Waals surface area (Å²) in [5.41, 5.74) is 3.88. The second kappa shape index (κ2) is 7.29. The highest BCUT2D eigenvalue weighted by Crippen LogP contribution is 2.41. The highest BCUT2D eigenvalue weighted by Gasteiger charge is 2.41. The fraction of sp³-hybridized carbons (Fsp3) is 0.238. The molecule has 1 aliphatic heterocycles. The summed E-state index contributed by atoms with van der Waals surface area (Å²) in [5.74, 6) is -0.585. The normalized spacial score (nSPS) is 14.8. The Morgan fingerprint density at radius 3 is 2.35 bits per heavy atom. The van der Waals surface area contributed by atoms with Crippen LogP contribution < -0.4 is 4.90 Å². The predicted octanol–water partition coefficient (Wildman–Crippen LogP) is 5.38. The average Bonchev–Trinajstić information content (AvgIpc) is 2.78. The van der Waals surface area contributed by atoms with Crippen LogP contribution in [0.4, 0.5) is 5.69 Å². The number of halogens is 1. The Morgan fingerprint density at radius 2 is 1.73 bits per heavy atom. The molecule has 0 aromatic heterocycles. The number of imide groups is 1. The van der Waals surface area contributed by atoms with Crippen molar-refractivity contribution >= 4 is 46.4 Å². The Morgan fingerprint density at radius 1 is 1.00 bits per heavy atom. The van der Waals surface area contributed by atoms with Gasteiger partial charge in [0.05, 0.1) is 16.2 Å². The summed E-state index contributed by atoms with van der Waals surface area (Å²) in [7, 11) is 0. The van der Waals surface area contributed by atoms with Crippen LogP contribution in [0.3, 0.4) is 0 Å². The van der Waals surface area contributed by atoms with Crippen LogP contribution in [-0.4, -0.2) is 17.1 Å². The van der Waals surface area contributed by atoms with Gasteiger partial charge in [0, 0.05) is 10.3 Å². The minimum absolute atomic E-state index is 0.182. The molecule has 0 radical (unpaired) electrons. The molecule has 0 N–H and O–H groups in total. The van der Waals surface area contributed by atoms with Crippen molar-refractivity contribution < 1.29 is 9.59 Å². The molecule has 134 valence electrons. The number of hydrogen-bond acceptors (Lipinski definition) is 3. The molecule has 0 bridgehead atoms. The van der Waals surface area contributed by atoms with Crippen LogP contribution in [-0.2, 0) is 9.59 Å². The second-order valence-electron chi connectivity index (χ2n) is 6.61. The highest BCUT2D eigenvalue weighted by molar-refractivity contribution is 8.04. The molecule has 1 heterocycles. The smallest absolute Gasteiger partial charge is 0.268 e. The molecule has 0 saturated heterocycles. The first kappa shape index (κ1) is 18.7. The van der Waals surface area contributed by atoms with Gasteiger partial charge in [-0.1, -0.05) is 55.3 Å². The maximum atomic E-state index is 13.2. The minimum Gasteiger partial charge on any atom is -0.268 e. The Kier molecular flexibility index (Phi) is 5.26. The summed E-state index contributed by atoms with van der Waals surface area (Å²) >= 11 is 7.49. The zero-order valence-corrected chi connectivity index (χ0v) is 16.7. The summed E-state index contributed by atoms with van der Waals surface area (Å²) in [5, 5.41) is 0.669. The maximum absolute atomic E-state index is 13.2. The molecule has 26 heavy (non-hydrogen) atoms. The van der Waals surface area contributed by atoms with Gasteiger partial charge in [-0.05, 0) is 43.2 Å². The van der Waals surface area contributed by atoms with Crippen molar-refractivity contribution in [3.8, 4) is 0 Å². The van der Waals surface area contributed by atoms with E-state index in [-0.39, 0.29) is 17.1 Å². The largest absolute Gasteiger partial charge is 0.272 e. The van der Waals surface area contributed by atoms with Crippen molar-refractivity contribution in [3.05, 3.63) is 69.1 Å². The lowest BCUT2D eigenvalue weighted by atomic mass is 9.99. The third-order valence-corrected chi connectivity index (χ3v) is 5.43. The van der Waals surface area contributed by atoms with E-state index >= 15 is 0 Å². The van der Waals surface area contributed by atoms with E-state index in [1.54, 1.807) is 24.3 Å². The van der Waals surface area contributed by atoms with Crippen LogP contribution in [0.5, 0.6) is 0 Å². The van der Waals surface area contributed by atoms with Crippen LogP contribution in [0.15, 0.2) is 47.4 Å². The molecule has 2 aromatic rings. The molecule has 2 amide bonds. The molecular formula is C21H20ClNO2S. The van der Waals surface area contributed by atoms with E-state index in [0.29, 0.717) is 21.2 Å². The van der Waals surface area contributed by atoms with Gasteiger partial charge in [0.1, 0.15) is 0 Å². The second-order valence-corrected chi connectivity index (χ2v) is 8.64. The van der Waals surface area contributed by atoms with Gasteiger partial charge in [0.25, 0.3) is 11.8 Å². The van der Waals surface area contributed by atoms with Gasteiger partial charge >= 0.3 is 0 Å². The third-order valence-electron chi connectivity index (χ3n) is 4.11. The SMILES string of the molecule is Cc1ccc(C2=C(SC(C)C)C(=O)N(c3cccc(Cl)c3)C2=O)c(C)c1. The number of anilines is 1. The van der Waals surface area contributed by atoms with Crippen LogP contribution in [0, 0.1) is 13.8 Å². The van der Waals surface area contributed by atoms with Gasteiger partial charge in [-0.3, -0.25) is 9.59 Å². The first-order valence-corrected chi connectivity index (χ1v) is 9.68. The first-order valence-electron chi connectivity index (χ1n) is 8.42. The Labute approximate surface area is 163 Å². The van der Waals surface area contributed by atoms with Gasteiger partial charge in [0.15, 0.2) is 0 Å². The Hall–Kier alpha value is -2.04. The van der Waals surface area contributed by atoms with Crippen LogP contribution in [0.25, 0.3) is 5.57 Å². The number of amides is 2. The van der Waals surface area contributed by atoms with Crippen LogP contribution in [0.1, 0.15) is 30.5 Å². The third kappa shape index (κ3) is 3.44. The molecule has 0 fully saturated rings. The zero-order chi connectivity index (χ0) is 19.0. The average molecular weight is 386 g/mol. The molecule has 0 atom stereocenters. The number of thioether (sulfide) groups is 1. The molecule has 3 nitrogen and oxygen atoms in total. The summed E-state index contributed by atoms with van der Waals surface area (Å²) < 4.78 is 0. The minimum atomic E-state index is -0.299. The van der Waals surface area contributed by atoms with Crippen molar-refractivity contribution in [1.29, 1.82) is 0 Å². The Balaban J connectivity index is 2.16. The number of benzene rings is 2. The van der Waals surface area contributed by atoms with Gasteiger partial charge in [-0.15, -0.1) is 11.8 Å². The molecule has 0 saturated carbocycles. The van der Waals surface area contributed by atoms with E-state index in [0.717, 1.165) is 16.7 Å². The topological polar surface area (TPSA) is 37.4 Å².